The Bertz CT molecular complexity index is 2420. The largest absolute Gasteiger partial charge is 0.0879 e. The minimum Gasteiger partial charge on any atom is -0.0879 e. The van der Waals surface area contributed by atoms with Gasteiger partial charge in [-0.25, -0.2) is 0 Å². The van der Waals surface area contributed by atoms with Gasteiger partial charge in [-0.3, -0.25) is 0 Å². The molecule has 0 heteroatoms. The highest BCUT2D eigenvalue weighted by atomic mass is 14.3. The van der Waals surface area contributed by atoms with E-state index < -0.39 is 0 Å². The van der Waals surface area contributed by atoms with Crippen molar-refractivity contribution in [1.82, 2.24) is 0 Å². The number of allylic oxidation sites excluding steroid dienone is 2. The van der Waals surface area contributed by atoms with Crippen molar-refractivity contribution in [3.8, 4) is 22.3 Å². The van der Waals surface area contributed by atoms with E-state index in [1.165, 1.54) is 101 Å². The quantitative estimate of drug-likeness (QED) is 0.115. The number of hydrogen-bond donors (Lipinski definition) is 0. The molecule has 1 unspecified atom stereocenters. The van der Waals surface area contributed by atoms with Gasteiger partial charge >= 0.3 is 0 Å². The first-order valence-electron chi connectivity index (χ1n) is 15.9. The van der Waals surface area contributed by atoms with Gasteiger partial charge in [0.2, 0.25) is 0 Å². The van der Waals surface area contributed by atoms with Gasteiger partial charge < -0.3 is 0 Å². The molecule has 1 aliphatic rings. The number of rotatable bonds is 3. The topological polar surface area (TPSA) is 0 Å². The van der Waals surface area contributed by atoms with Gasteiger partial charge in [0, 0.05) is 5.92 Å². The van der Waals surface area contributed by atoms with Crippen LogP contribution in [-0.2, 0) is 0 Å². The molecule has 0 N–H and O–H groups in total. The van der Waals surface area contributed by atoms with E-state index in [2.05, 4.69) is 152 Å². The van der Waals surface area contributed by atoms with Gasteiger partial charge in [-0.1, -0.05) is 133 Å². The Labute approximate surface area is 257 Å². The molecular weight excluding hydrogens is 528 g/mol. The van der Waals surface area contributed by atoms with E-state index >= 15 is 0 Å². The minimum atomic E-state index is 0.389. The highest BCUT2D eigenvalue weighted by Crippen LogP contribution is 2.46. The van der Waals surface area contributed by atoms with E-state index in [-0.39, 0.29) is 0 Å². The Kier molecular flexibility index (Phi) is 5.87. The molecule has 44 heavy (non-hydrogen) atoms. The van der Waals surface area contributed by atoms with Crippen molar-refractivity contribution in [1.29, 1.82) is 0 Å². The maximum Gasteiger partial charge on any atom is 0.00306 e. The van der Waals surface area contributed by atoms with Crippen LogP contribution in [0.25, 0.3) is 76.1 Å². The molecule has 0 radical (unpaired) electrons. The molecule has 0 saturated heterocycles. The zero-order valence-corrected chi connectivity index (χ0v) is 24.6. The average Bonchev–Trinajstić information content (AvgIpc) is 3.10. The second-order valence-corrected chi connectivity index (χ2v) is 12.3. The molecule has 0 fully saturated rings. The van der Waals surface area contributed by atoms with Crippen molar-refractivity contribution >= 4 is 53.9 Å². The molecule has 8 aromatic rings. The molecule has 8 aromatic carbocycles. The standard InChI is InChI=1S/C44H32/c1-2-13-30(14-3-1)43-40-23-11-22-39(41-27-32-16-6-7-18-35(32)37-19-8-9-20-38(37)41)42(40)28-34-17-10-21-36(44(34)43)33-25-24-29-12-4-5-15-31(29)26-33/h2,4-13,15-28,30H,1,3,14H2. The van der Waals surface area contributed by atoms with E-state index in [1.54, 1.807) is 0 Å². The lowest BCUT2D eigenvalue weighted by Crippen LogP contribution is -2.03. The smallest absolute Gasteiger partial charge is 0.00306 e. The zero-order valence-electron chi connectivity index (χ0n) is 24.6. The van der Waals surface area contributed by atoms with Crippen LogP contribution >= 0.6 is 0 Å². The van der Waals surface area contributed by atoms with E-state index in [4.69, 9.17) is 0 Å². The van der Waals surface area contributed by atoms with Crippen LogP contribution in [0.15, 0.2) is 152 Å². The molecule has 1 atom stereocenters. The first kappa shape index (κ1) is 25.3. The third kappa shape index (κ3) is 3.98. The van der Waals surface area contributed by atoms with Gasteiger partial charge in [0.25, 0.3) is 0 Å². The fourth-order valence-electron chi connectivity index (χ4n) is 7.78. The van der Waals surface area contributed by atoms with Crippen molar-refractivity contribution in [2.75, 3.05) is 0 Å². The Morgan fingerprint density at radius 3 is 2.00 bits per heavy atom. The Morgan fingerprint density at radius 2 is 1.14 bits per heavy atom. The molecule has 0 bridgehead atoms. The van der Waals surface area contributed by atoms with E-state index in [0.29, 0.717) is 5.92 Å². The number of hydrogen-bond acceptors (Lipinski definition) is 0. The highest BCUT2D eigenvalue weighted by Gasteiger charge is 2.22. The third-order valence-corrected chi connectivity index (χ3v) is 9.81. The molecule has 0 saturated carbocycles. The normalized spacial score (nSPS) is 15.1. The predicted molar refractivity (Wildman–Crippen MR) is 191 cm³/mol. The lowest BCUT2D eigenvalue weighted by molar-refractivity contribution is 0.660. The fraction of sp³-hybridized carbons (Fsp3) is 0.0909. The van der Waals surface area contributed by atoms with Crippen LogP contribution in [0.2, 0.25) is 0 Å². The van der Waals surface area contributed by atoms with Crippen LogP contribution in [0.1, 0.15) is 30.7 Å². The summed E-state index contributed by atoms with van der Waals surface area (Å²) < 4.78 is 0. The summed E-state index contributed by atoms with van der Waals surface area (Å²) in [6.45, 7) is 0. The van der Waals surface area contributed by atoms with Crippen LogP contribution in [0.4, 0.5) is 0 Å². The molecule has 0 spiro atoms. The van der Waals surface area contributed by atoms with Crippen molar-refractivity contribution < 1.29 is 0 Å². The van der Waals surface area contributed by atoms with Crippen LogP contribution in [-0.4, -0.2) is 0 Å². The van der Waals surface area contributed by atoms with E-state index in [9.17, 15) is 0 Å². The average molecular weight is 561 g/mol. The van der Waals surface area contributed by atoms with Crippen LogP contribution in [0, 0.1) is 0 Å². The molecule has 9 rings (SSSR count). The second-order valence-electron chi connectivity index (χ2n) is 12.3. The Morgan fingerprint density at radius 1 is 0.432 bits per heavy atom. The zero-order chi connectivity index (χ0) is 29.0. The maximum absolute atomic E-state index is 2.48. The molecular formula is C44H32. The molecule has 0 nitrogen and oxygen atoms in total. The van der Waals surface area contributed by atoms with E-state index in [0.717, 1.165) is 0 Å². The molecule has 1 aliphatic carbocycles. The minimum absolute atomic E-state index is 0.389. The lowest BCUT2D eigenvalue weighted by Gasteiger charge is -2.24. The third-order valence-electron chi connectivity index (χ3n) is 9.81. The summed E-state index contributed by atoms with van der Waals surface area (Å²) in [4.78, 5) is 0. The Balaban J connectivity index is 1.39. The Hall–Kier alpha value is -5.20. The van der Waals surface area contributed by atoms with Gasteiger partial charge in [0.05, 0.1) is 0 Å². The highest BCUT2D eigenvalue weighted by molar-refractivity contribution is 6.18. The van der Waals surface area contributed by atoms with Crippen molar-refractivity contribution in [2.24, 2.45) is 0 Å². The maximum atomic E-state index is 2.48. The molecule has 0 amide bonds. The first-order valence-corrected chi connectivity index (χ1v) is 15.9. The van der Waals surface area contributed by atoms with Gasteiger partial charge in [-0.05, 0) is 119 Å². The summed E-state index contributed by atoms with van der Waals surface area (Å²) >= 11 is 0. The molecule has 208 valence electrons. The predicted octanol–water partition coefficient (Wildman–Crippen LogP) is 12.6. The van der Waals surface area contributed by atoms with Crippen LogP contribution in [0.3, 0.4) is 0 Å². The van der Waals surface area contributed by atoms with Crippen LogP contribution < -0.4 is 0 Å². The molecule has 0 aromatic heterocycles. The molecule has 0 aliphatic heterocycles. The van der Waals surface area contributed by atoms with E-state index in [1.807, 2.05) is 0 Å². The van der Waals surface area contributed by atoms with Gasteiger partial charge in [-0.2, -0.15) is 0 Å². The second kappa shape index (κ2) is 10.2. The van der Waals surface area contributed by atoms with Crippen molar-refractivity contribution in [2.45, 2.75) is 25.2 Å². The summed E-state index contributed by atoms with van der Waals surface area (Å²) in [5.41, 5.74) is 6.70. The summed E-state index contributed by atoms with van der Waals surface area (Å²) in [5, 5.41) is 13.2. The van der Waals surface area contributed by atoms with Crippen LogP contribution in [0.5, 0.6) is 0 Å². The molecule has 0 heterocycles. The van der Waals surface area contributed by atoms with Gasteiger partial charge in [0.1, 0.15) is 0 Å². The monoisotopic (exact) mass is 560 g/mol. The fourth-order valence-corrected chi connectivity index (χ4v) is 7.78. The van der Waals surface area contributed by atoms with Crippen molar-refractivity contribution in [3.63, 3.8) is 0 Å². The first-order chi connectivity index (χ1) is 21.8. The number of benzene rings is 8. The van der Waals surface area contributed by atoms with Crippen molar-refractivity contribution in [3.05, 3.63) is 157 Å². The number of fused-ring (bicyclic) bond motifs is 6. The SMILES string of the molecule is C1=CC(c2c3cccc(-c4cc5ccccc5c5ccccc45)c3cc3cccc(-c4ccc5ccccc5c4)c23)CCC1. The summed E-state index contributed by atoms with van der Waals surface area (Å²) in [6.07, 6.45) is 8.46. The summed E-state index contributed by atoms with van der Waals surface area (Å²) in [6, 6.07) is 52.1. The summed E-state index contributed by atoms with van der Waals surface area (Å²) in [7, 11) is 0. The lowest BCUT2D eigenvalue weighted by atomic mass is 9.79. The van der Waals surface area contributed by atoms with Gasteiger partial charge in [0.15, 0.2) is 0 Å². The summed E-state index contributed by atoms with van der Waals surface area (Å²) in [5.74, 6) is 0.389. The van der Waals surface area contributed by atoms with Gasteiger partial charge in [-0.15, -0.1) is 0 Å².